The van der Waals surface area contributed by atoms with Gasteiger partial charge in [0.2, 0.25) is 0 Å². The van der Waals surface area contributed by atoms with Crippen molar-refractivity contribution in [2.45, 2.75) is 12.7 Å². The van der Waals surface area contributed by atoms with E-state index in [-0.39, 0.29) is 6.54 Å². The van der Waals surface area contributed by atoms with Crippen LogP contribution in [0.1, 0.15) is 5.56 Å². The third kappa shape index (κ3) is 7.87. The Hall–Kier alpha value is -1.76. The van der Waals surface area contributed by atoms with Crippen LogP contribution < -0.4 is 5.32 Å². The van der Waals surface area contributed by atoms with Gasteiger partial charge in [0.05, 0.1) is 13.1 Å². The fraction of sp³-hybridized carbons (Fsp3) is 0.533. The first-order valence-electron chi connectivity index (χ1n) is 7.03. The summed E-state index contributed by atoms with van der Waals surface area (Å²) < 4.78 is 36.7. The van der Waals surface area contributed by atoms with E-state index in [9.17, 15) is 13.2 Å². The van der Waals surface area contributed by atoms with Crippen molar-refractivity contribution < 1.29 is 13.2 Å². The van der Waals surface area contributed by atoms with Crippen molar-refractivity contribution in [1.29, 1.82) is 0 Å². The van der Waals surface area contributed by atoms with E-state index in [0.29, 0.717) is 19.0 Å². The zero-order chi connectivity index (χ0) is 16.6. The summed E-state index contributed by atoms with van der Waals surface area (Å²) >= 11 is 0. The predicted molar refractivity (Wildman–Crippen MR) is 82.8 cm³/mol. The zero-order valence-corrected chi connectivity index (χ0v) is 13.2. The van der Waals surface area contributed by atoms with Gasteiger partial charge in [-0.15, -0.1) is 0 Å². The van der Waals surface area contributed by atoms with Crippen molar-refractivity contribution in [1.82, 2.24) is 15.1 Å². The third-order valence-corrected chi connectivity index (χ3v) is 2.90. The van der Waals surface area contributed by atoms with Crippen LogP contribution in [-0.2, 0) is 6.54 Å². The minimum atomic E-state index is -4.17. The maximum Gasteiger partial charge on any atom is 0.401 e. The molecular formula is C15H23F3N4. The second-order valence-corrected chi connectivity index (χ2v) is 5.30. The van der Waals surface area contributed by atoms with Crippen LogP contribution in [0.15, 0.2) is 35.3 Å². The highest BCUT2D eigenvalue weighted by molar-refractivity contribution is 5.79. The minimum Gasteiger partial charge on any atom is -0.355 e. The molecule has 4 nitrogen and oxygen atoms in total. The molecule has 0 atom stereocenters. The number of halogens is 3. The van der Waals surface area contributed by atoms with Crippen LogP contribution in [0.4, 0.5) is 13.2 Å². The maximum atomic E-state index is 12.2. The van der Waals surface area contributed by atoms with Crippen molar-refractivity contribution in [3.05, 3.63) is 35.9 Å². The first kappa shape index (κ1) is 18.3. The van der Waals surface area contributed by atoms with Crippen LogP contribution in [0.25, 0.3) is 0 Å². The number of rotatable bonds is 6. The lowest BCUT2D eigenvalue weighted by molar-refractivity contribution is -0.142. The van der Waals surface area contributed by atoms with Crippen molar-refractivity contribution in [2.24, 2.45) is 4.99 Å². The Kier molecular flexibility index (Phi) is 7.17. The molecule has 1 aromatic rings. The average Bonchev–Trinajstić information content (AvgIpc) is 2.41. The van der Waals surface area contributed by atoms with Gasteiger partial charge in [0.25, 0.3) is 0 Å². The van der Waals surface area contributed by atoms with Gasteiger partial charge in [-0.05, 0) is 12.6 Å². The summed E-state index contributed by atoms with van der Waals surface area (Å²) in [4.78, 5) is 7.50. The molecule has 22 heavy (non-hydrogen) atoms. The SMILES string of the molecule is CN(CCNC(=NCc1ccccc1)N(C)C)CC(F)(F)F. The van der Waals surface area contributed by atoms with E-state index >= 15 is 0 Å². The van der Waals surface area contributed by atoms with E-state index in [4.69, 9.17) is 0 Å². The van der Waals surface area contributed by atoms with Crippen LogP contribution >= 0.6 is 0 Å². The Morgan fingerprint density at radius 1 is 1.14 bits per heavy atom. The molecule has 1 rings (SSSR count). The third-order valence-electron chi connectivity index (χ3n) is 2.90. The molecule has 0 bridgehead atoms. The molecule has 1 N–H and O–H groups in total. The van der Waals surface area contributed by atoms with Crippen LogP contribution in [0.5, 0.6) is 0 Å². The summed E-state index contributed by atoms with van der Waals surface area (Å²) in [5, 5.41) is 3.07. The fourth-order valence-corrected chi connectivity index (χ4v) is 1.85. The largest absolute Gasteiger partial charge is 0.401 e. The Balaban J connectivity index is 2.44. The maximum absolute atomic E-state index is 12.2. The standard InChI is InChI=1S/C15H23F3N4/c1-21(2)14(20-11-13-7-5-4-6-8-13)19-9-10-22(3)12-15(16,17)18/h4-8H,9-12H2,1-3H3,(H,19,20). The molecule has 0 aliphatic heterocycles. The molecule has 0 amide bonds. The number of benzene rings is 1. The van der Waals surface area contributed by atoms with Gasteiger partial charge in [0.1, 0.15) is 0 Å². The Morgan fingerprint density at radius 3 is 2.32 bits per heavy atom. The fourth-order valence-electron chi connectivity index (χ4n) is 1.85. The topological polar surface area (TPSA) is 30.9 Å². The van der Waals surface area contributed by atoms with Gasteiger partial charge in [-0.1, -0.05) is 30.3 Å². The van der Waals surface area contributed by atoms with Crippen LogP contribution in [0.2, 0.25) is 0 Å². The monoisotopic (exact) mass is 316 g/mol. The summed E-state index contributed by atoms with van der Waals surface area (Å²) in [5.41, 5.74) is 1.08. The van der Waals surface area contributed by atoms with Crippen molar-refractivity contribution >= 4 is 5.96 Å². The summed E-state index contributed by atoms with van der Waals surface area (Å²) in [7, 11) is 5.14. The number of likely N-dealkylation sites (N-methyl/N-ethyl adjacent to an activating group) is 1. The van der Waals surface area contributed by atoms with Crippen molar-refractivity contribution in [3.8, 4) is 0 Å². The molecule has 0 aromatic heterocycles. The first-order valence-corrected chi connectivity index (χ1v) is 7.03. The molecule has 0 spiro atoms. The molecule has 0 aliphatic rings. The lowest BCUT2D eigenvalue weighted by atomic mass is 10.2. The Morgan fingerprint density at radius 2 is 1.77 bits per heavy atom. The van der Waals surface area contributed by atoms with Gasteiger partial charge in [-0.3, -0.25) is 4.90 Å². The smallest absolute Gasteiger partial charge is 0.355 e. The zero-order valence-electron chi connectivity index (χ0n) is 13.2. The molecule has 0 fully saturated rings. The van der Waals surface area contributed by atoms with Crippen molar-refractivity contribution in [2.75, 3.05) is 40.8 Å². The van der Waals surface area contributed by atoms with Crippen molar-refractivity contribution in [3.63, 3.8) is 0 Å². The second kappa shape index (κ2) is 8.63. The number of aliphatic imine (C=N–C) groups is 1. The van der Waals surface area contributed by atoms with Gasteiger partial charge in [-0.2, -0.15) is 13.2 Å². The molecule has 1 aromatic carbocycles. The van der Waals surface area contributed by atoms with Crippen LogP contribution in [0, 0.1) is 0 Å². The number of alkyl halides is 3. The van der Waals surface area contributed by atoms with Gasteiger partial charge >= 0.3 is 6.18 Å². The van der Waals surface area contributed by atoms with E-state index in [2.05, 4.69) is 10.3 Å². The quantitative estimate of drug-likeness (QED) is 0.645. The lowest BCUT2D eigenvalue weighted by Gasteiger charge is -2.21. The molecule has 0 saturated heterocycles. The van der Waals surface area contributed by atoms with Crippen LogP contribution in [0.3, 0.4) is 0 Å². The number of hydrogen-bond donors (Lipinski definition) is 1. The van der Waals surface area contributed by atoms with E-state index in [0.717, 1.165) is 5.56 Å². The molecule has 124 valence electrons. The minimum absolute atomic E-state index is 0.289. The summed E-state index contributed by atoms with van der Waals surface area (Å²) in [6.07, 6.45) is -4.17. The lowest BCUT2D eigenvalue weighted by Crippen LogP contribution is -2.42. The highest BCUT2D eigenvalue weighted by Gasteiger charge is 2.28. The molecule has 0 saturated carbocycles. The highest BCUT2D eigenvalue weighted by Crippen LogP contribution is 2.14. The summed E-state index contributed by atoms with van der Waals surface area (Å²) in [5.74, 6) is 0.657. The number of hydrogen-bond acceptors (Lipinski definition) is 2. The van der Waals surface area contributed by atoms with Gasteiger partial charge < -0.3 is 10.2 Å². The van der Waals surface area contributed by atoms with Gasteiger partial charge in [-0.25, -0.2) is 4.99 Å². The molecule has 0 unspecified atom stereocenters. The molecule has 0 heterocycles. The number of nitrogens with zero attached hydrogens (tertiary/aromatic N) is 3. The van der Waals surface area contributed by atoms with Gasteiger partial charge in [0, 0.05) is 27.2 Å². The van der Waals surface area contributed by atoms with Crippen LogP contribution in [-0.4, -0.2) is 62.7 Å². The van der Waals surface area contributed by atoms with E-state index in [1.54, 1.807) is 0 Å². The molecular weight excluding hydrogens is 293 g/mol. The number of guanidine groups is 1. The molecule has 0 aliphatic carbocycles. The summed E-state index contributed by atoms with van der Waals surface area (Å²) in [6.45, 7) is 0.309. The van der Waals surface area contributed by atoms with E-state index in [1.165, 1.54) is 11.9 Å². The molecule has 7 heteroatoms. The summed E-state index contributed by atoms with van der Waals surface area (Å²) in [6, 6.07) is 9.79. The second-order valence-electron chi connectivity index (χ2n) is 5.30. The average molecular weight is 316 g/mol. The van der Waals surface area contributed by atoms with E-state index < -0.39 is 12.7 Å². The molecule has 0 radical (unpaired) electrons. The number of nitrogens with one attached hydrogen (secondary N) is 1. The Bertz CT molecular complexity index is 458. The van der Waals surface area contributed by atoms with Gasteiger partial charge in [0.15, 0.2) is 5.96 Å². The predicted octanol–water partition coefficient (Wildman–Crippen LogP) is 2.19. The Labute approximate surface area is 129 Å². The van der Waals surface area contributed by atoms with E-state index in [1.807, 2.05) is 49.3 Å². The normalized spacial score (nSPS) is 12.6. The first-order chi connectivity index (χ1) is 10.3. The highest BCUT2D eigenvalue weighted by atomic mass is 19.4.